The average Bonchev–Trinajstić information content (AvgIpc) is 3.39. The van der Waals surface area contributed by atoms with Crippen molar-refractivity contribution in [2.24, 2.45) is 17.3 Å². The van der Waals surface area contributed by atoms with Crippen LogP contribution in [0.25, 0.3) is 0 Å². The third-order valence-electron chi connectivity index (χ3n) is 5.84. The molecule has 0 aromatic rings. The summed E-state index contributed by atoms with van der Waals surface area (Å²) < 4.78 is 17.0. The van der Waals surface area contributed by atoms with E-state index >= 15 is 0 Å². The molecule has 1 spiro atoms. The zero-order chi connectivity index (χ0) is 16.1. The van der Waals surface area contributed by atoms with Gasteiger partial charge in [0.25, 0.3) is 0 Å². The van der Waals surface area contributed by atoms with E-state index < -0.39 is 0 Å². The molecule has 0 unspecified atom stereocenters. The summed E-state index contributed by atoms with van der Waals surface area (Å²) in [5, 5.41) is 0. The first kappa shape index (κ1) is 17.2. The molecule has 3 rings (SSSR count). The van der Waals surface area contributed by atoms with Crippen molar-refractivity contribution in [3.63, 3.8) is 0 Å². The molecule has 3 aliphatic rings. The quantitative estimate of drug-likeness (QED) is 0.719. The van der Waals surface area contributed by atoms with Gasteiger partial charge in [0.05, 0.1) is 13.2 Å². The maximum atomic E-state index is 12.1. The highest BCUT2D eigenvalue weighted by molar-refractivity contribution is 5.77. The molecule has 2 saturated heterocycles. The summed E-state index contributed by atoms with van der Waals surface area (Å²) in [6.45, 7) is 7.86. The molecule has 1 saturated carbocycles. The van der Waals surface area contributed by atoms with Crippen LogP contribution in [0, 0.1) is 17.3 Å². The van der Waals surface area contributed by atoms with Crippen molar-refractivity contribution in [1.82, 2.24) is 4.90 Å². The predicted molar refractivity (Wildman–Crippen MR) is 87.2 cm³/mol. The minimum absolute atomic E-state index is 0.135. The van der Waals surface area contributed by atoms with Crippen LogP contribution in [0.5, 0.6) is 0 Å². The van der Waals surface area contributed by atoms with Gasteiger partial charge in [0.2, 0.25) is 5.91 Å². The molecule has 3 fully saturated rings. The number of ether oxygens (including phenoxy) is 3. The number of carbonyl (C=O) groups excluding carboxylic acids is 1. The van der Waals surface area contributed by atoms with Crippen molar-refractivity contribution in [3.8, 4) is 0 Å². The highest BCUT2D eigenvalue weighted by Crippen LogP contribution is 2.45. The van der Waals surface area contributed by atoms with Crippen LogP contribution < -0.4 is 0 Å². The van der Waals surface area contributed by atoms with E-state index in [2.05, 4.69) is 0 Å². The minimum Gasteiger partial charge on any atom is -0.381 e. The van der Waals surface area contributed by atoms with E-state index in [4.69, 9.17) is 14.2 Å². The summed E-state index contributed by atoms with van der Waals surface area (Å²) in [6, 6.07) is 0. The van der Waals surface area contributed by atoms with Crippen LogP contribution >= 0.6 is 0 Å². The number of hydrogen-bond acceptors (Lipinski definition) is 4. The number of hydrogen-bond donors (Lipinski definition) is 0. The number of nitrogens with zero attached hydrogens (tertiary/aromatic N) is 1. The molecule has 0 aromatic heterocycles. The summed E-state index contributed by atoms with van der Waals surface area (Å²) in [6.07, 6.45) is 5.93. The van der Waals surface area contributed by atoms with Gasteiger partial charge in [-0.25, -0.2) is 0 Å². The van der Waals surface area contributed by atoms with Crippen LogP contribution in [0.4, 0.5) is 0 Å². The van der Waals surface area contributed by atoms with Gasteiger partial charge in [0.15, 0.2) is 0 Å². The van der Waals surface area contributed by atoms with Gasteiger partial charge >= 0.3 is 0 Å². The molecule has 5 nitrogen and oxygen atoms in total. The summed E-state index contributed by atoms with van der Waals surface area (Å²) in [4.78, 5) is 14.1. The molecule has 2 heterocycles. The number of rotatable bonds is 7. The van der Waals surface area contributed by atoms with Crippen molar-refractivity contribution < 1.29 is 19.0 Å². The fraction of sp³-hybridized carbons (Fsp3) is 0.944. The van der Waals surface area contributed by atoms with Gasteiger partial charge in [-0.05, 0) is 50.4 Å². The van der Waals surface area contributed by atoms with E-state index in [0.717, 1.165) is 64.7 Å². The molecule has 0 aromatic carbocycles. The highest BCUT2D eigenvalue weighted by Gasteiger charge is 2.44. The standard InChI is InChI=1S/C18H31NO4/c1-2-21-14-17(20)19-8-5-18(6-9-19)7-10-22-12-16(18)13-23-11-15-3-4-15/h15-16H,2-14H2,1H3/t16-/m0/s1. The summed E-state index contributed by atoms with van der Waals surface area (Å²) in [7, 11) is 0. The van der Waals surface area contributed by atoms with Gasteiger partial charge in [-0.3, -0.25) is 4.79 Å². The fourth-order valence-electron chi connectivity index (χ4n) is 3.91. The smallest absolute Gasteiger partial charge is 0.248 e. The van der Waals surface area contributed by atoms with E-state index in [9.17, 15) is 4.79 Å². The van der Waals surface area contributed by atoms with Crippen LogP contribution in [0.1, 0.15) is 39.0 Å². The lowest BCUT2D eigenvalue weighted by molar-refractivity contribution is -0.143. The summed E-state index contributed by atoms with van der Waals surface area (Å²) in [5.41, 5.74) is 0.310. The molecule has 0 N–H and O–H groups in total. The van der Waals surface area contributed by atoms with Gasteiger partial charge in [-0.2, -0.15) is 0 Å². The van der Waals surface area contributed by atoms with Crippen molar-refractivity contribution in [1.29, 1.82) is 0 Å². The molecule has 0 bridgehead atoms. The predicted octanol–water partition coefficient (Wildman–Crippen LogP) is 2.09. The number of likely N-dealkylation sites (tertiary alicyclic amines) is 1. The Labute approximate surface area is 139 Å². The topological polar surface area (TPSA) is 48.0 Å². The Morgan fingerprint density at radius 2 is 1.96 bits per heavy atom. The molecule has 1 amide bonds. The van der Waals surface area contributed by atoms with Crippen LogP contribution in [0.3, 0.4) is 0 Å². The summed E-state index contributed by atoms with van der Waals surface area (Å²) >= 11 is 0. The van der Waals surface area contributed by atoms with Crippen molar-refractivity contribution >= 4 is 5.91 Å². The first-order valence-corrected chi connectivity index (χ1v) is 9.24. The number of carbonyl (C=O) groups is 1. The van der Waals surface area contributed by atoms with E-state index in [-0.39, 0.29) is 12.5 Å². The lowest BCUT2D eigenvalue weighted by Crippen LogP contribution is -2.51. The minimum atomic E-state index is 0.135. The molecular weight excluding hydrogens is 294 g/mol. The lowest BCUT2D eigenvalue weighted by Gasteiger charge is -2.49. The third kappa shape index (κ3) is 4.46. The Morgan fingerprint density at radius 1 is 1.17 bits per heavy atom. The number of amides is 1. The Hall–Kier alpha value is -0.650. The fourth-order valence-corrected chi connectivity index (χ4v) is 3.91. The Kier molecular flexibility index (Phi) is 5.94. The normalized spacial score (nSPS) is 27.3. The van der Waals surface area contributed by atoms with Gasteiger partial charge < -0.3 is 19.1 Å². The summed E-state index contributed by atoms with van der Waals surface area (Å²) in [5.74, 6) is 1.43. The maximum Gasteiger partial charge on any atom is 0.248 e. The Bertz CT molecular complexity index is 388. The van der Waals surface area contributed by atoms with Crippen molar-refractivity contribution in [2.45, 2.75) is 39.0 Å². The van der Waals surface area contributed by atoms with E-state index in [1.807, 2.05) is 11.8 Å². The zero-order valence-electron chi connectivity index (χ0n) is 14.4. The SMILES string of the molecule is CCOCC(=O)N1CCC2(CCOC[C@H]2COCC2CC2)CC1. The zero-order valence-corrected chi connectivity index (χ0v) is 14.4. The second kappa shape index (κ2) is 7.95. The third-order valence-corrected chi connectivity index (χ3v) is 5.84. The van der Waals surface area contributed by atoms with Crippen molar-refractivity contribution in [3.05, 3.63) is 0 Å². The molecule has 1 atom stereocenters. The number of piperidine rings is 1. The molecule has 5 heteroatoms. The molecule has 1 aliphatic carbocycles. The van der Waals surface area contributed by atoms with Crippen LogP contribution in [-0.4, -0.2) is 63.5 Å². The van der Waals surface area contributed by atoms with Gasteiger partial charge in [-0.15, -0.1) is 0 Å². The lowest BCUT2D eigenvalue weighted by atomic mass is 9.66. The first-order chi connectivity index (χ1) is 11.2. The maximum absolute atomic E-state index is 12.1. The second-order valence-electron chi connectivity index (χ2n) is 7.38. The molecule has 0 radical (unpaired) electrons. The van der Waals surface area contributed by atoms with Crippen LogP contribution in [0.15, 0.2) is 0 Å². The van der Waals surface area contributed by atoms with E-state index in [0.29, 0.717) is 17.9 Å². The molecule has 2 aliphatic heterocycles. The first-order valence-electron chi connectivity index (χ1n) is 9.24. The van der Waals surface area contributed by atoms with Gasteiger partial charge in [0.1, 0.15) is 6.61 Å². The van der Waals surface area contributed by atoms with Gasteiger partial charge in [-0.1, -0.05) is 0 Å². The van der Waals surface area contributed by atoms with Crippen molar-refractivity contribution in [2.75, 3.05) is 52.7 Å². The molecule has 23 heavy (non-hydrogen) atoms. The van der Waals surface area contributed by atoms with E-state index in [1.54, 1.807) is 0 Å². The van der Waals surface area contributed by atoms with Gasteiger partial charge in [0, 0.05) is 38.8 Å². The second-order valence-corrected chi connectivity index (χ2v) is 7.38. The Morgan fingerprint density at radius 3 is 2.65 bits per heavy atom. The Balaban J connectivity index is 1.49. The molecule has 132 valence electrons. The highest BCUT2D eigenvalue weighted by atomic mass is 16.5. The monoisotopic (exact) mass is 325 g/mol. The van der Waals surface area contributed by atoms with E-state index in [1.165, 1.54) is 12.8 Å². The molecular formula is C18H31NO4. The van der Waals surface area contributed by atoms with Crippen LogP contribution in [-0.2, 0) is 19.0 Å². The average molecular weight is 325 g/mol. The largest absolute Gasteiger partial charge is 0.381 e. The van der Waals surface area contributed by atoms with Crippen LogP contribution in [0.2, 0.25) is 0 Å².